The third-order valence-corrected chi connectivity index (χ3v) is 8.55. The SMILES string of the molecule is CCCCNC(=O)[C@H](CC)N(Cc1ccc(OC)cc1)C(=O)CN(c1ccccc1OCC)S(=O)(=O)c1ccccc1. The summed E-state index contributed by atoms with van der Waals surface area (Å²) >= 11 is 0. The van der Waals surface area contributed by atoms with Gasteiger partial charge in [-0.1, -0.05) is 62.7 Å². The van der Waals surface area contributed by atoms with Crippen molar-refractivity contribution in [1.82, 2.24) is 10.2 Å². The number of ether oxygens (including phenoxy) is 2. The minimum absolute atomic E-state index is 0.0372. The maximum Gasteiger partial charge on any atom is 0.264 e. The molecule has 0 spiro atoms. The summed E-state index contributed by atoms with van der Waals surface area (Å²) in [6.45, 7) is 6.05. The molecule has 0 bridgehead atoms. The highest BCUT2D eigenvalue weighted by atomic mass is 32.2. The zero-order valence-electron chi connectivity index (χ0n) is 24.8. The first-order valence-electron chi connectivity index (χ1n) is 14.3. The highest BCUT2D eigenvalue weighted by molar-refractivity contribution is 7.92. The molecule has 1 N–H and O–H groups in total. The molecule has 0 fully saturated rings. The second-order valence-corrected chi connectivity index (χ2v) is 11.5. The zero-order valence-corrected chi connectivity index (χ0v) is 25.6. The van der Waals surface area contributed by atoms with E-state index in [9.17, 15) is 18.0 Å². The molecule has 3 aromatic carbocycles. The molecule has 3 rings (SSSR count). The quantitative estimate of drug-likeness (QED) is 0.234. The molecule has 0 unspecified atom stereocenters. The summed E-state index contributed by atoms with van der Waals surface area (Å²) in [6, 6.07) is 21.1. The lowest BCUT2D eigenvalue weighted by Gasteiger charge is -2.33. The minimum atomic E-state index is -4.19. The van der Waals surface area contributed by atoms with E-state index in [0.29, 0.717) is 31.1 Å². The fourth-order valence-corrected chi connectivity index (χ4v) is 5.97. The molecule has 0 aromatic heterocycles. The third kappa shape index (κ3) is 8.25. The van der Waals surface area contributed by atoms with E-state index in [0.717, 1.165) is 22.7 Å². The predicted octanol–water partition coefficient (Wildman–Crippen LogP) is 5.01. The lowest BCUT2D eigenvalue weighted by Crippen LogP contribution is -2.52. The molecule has 0 saturated heterocycles. The maximum absolute atomic E-state index is 14.2. The van der Waals surface area contributed by atoms with Gasteiger partial charge in [-0.3, -0.25) is 13.9 Å². The Hall–Kier alpha value is -4.05. The Morgan fingerprint density at radius 2 is 1.57 bits per heavy atom. The van der Waals surface area contributed by atoms with Crippen molar-refractivity contribution in [3.8, 4) is 11.5 Å². The number of rotatable bonds is 16. The number of hydrogen-bond donors (Lipinski definition) is 1. The smallest absolute Gasteiger partial charge is 0.264 e. The van der Waals surface area contributed by atoms with Crippen molar-refractivity contribution in [3.63, 3.8) is 0 Å². The zero-order chi connectivity index (χ0) is 30.5. The van der Waals surface area contributed by atoms with Crippen LogP contribution in [0.2, 0.25) is 0 Å². The molecule has 0 aliphatic rings. The number of anilines is 1. The van der Waals surface area contributed by atoms with Crippen molar-refractivity contribution in [1.29, 1.82) is 0 Å². The lowest BCUT2D eigenvalue weighted by molar-refractivity contribution is -0.140. The van der Waals surface area contributed by atoms with Crippen molar-refractivity contribution in [3.05, 3.63) is 84.4 Å². The van der Waals surface area contributed by atoms with Crippen LogP contribution in [0.1, 0.15) is 45.6 Å². The number of para-hydroxylation sites is 2. The molecule has 0 radical (unpaired) electrons. The van der Waals surface area contributed by atoms with Gasteiger partial charge >= 0.3 is 0 Å². The summed E-state index contributed by atoms with van der Waals surface area (Å²) in [5, 5.41) is 2.94. The molecule has 2 amide bonds. The number of methoxy groups -OCH3 is 1. The van der Waals surface area contributed by atoms with Gasteiger partial charge in [0, 0.05) is 13.1 Å². The highest BCUT2D eigenvalue weighted by Crippen LogP contribution is 2.33. The summed E-state index contributed by atoms with van der Waals surface area (Å²) in [6.07, 6.45) is 2.07. The number of amides is 2. The molecule has 42 heavy (non-hydrogen) atoms. The van der Waals surface area contributed by atoms with Crippen LogP contribution < -0.4 is 19.1 Å². The first-order valence-corrected chi connectivity index (χ1v) is 15.7. The molecule has 0 aliphatic carbocycles. The summed E-state index contributed by atoms with van der Waals surface area (Å²) in [5.41, 5.74) is 1.01. The van der Waals surface area contributed by atoms with Crippen molar-refractivity contribution < 1.29 is 27.5 Å². The fourth-order valence-electron chi connectivity index (χ4n) is 4.53. The van der Waals surface area contributed by atoms with Crippen LogP contribution in [0.3, 0.4) is 0 Å². The van der Waals surface area contributed by atoms with Crippen molar-refractivity contribution in [2.45, 2.75) is 57.5 Å². The molecular weight excluding hydrogens is 554 g/mol. The second kappa shape index (κ2) is 15.8. The first-order chi connectivity index (χ1) is 20.3. The van der Waals surface area contributed by atoms with Gasteiger partial charge in [-0.05, 0) is 61.7 Å². The van der Waals surface area contributed by atoms with Crippen LogP contribution in [0.25, 0.3) is 0 Å². The van der Waals surface area contributed by atoms with E-state index < -0.39 is 28.5 Å². The largest absolute Gasteiger partial charge is 0.497 e. The molecule has 9 nitrogen and oxygen atoms in total. The maximum atomic E-state index is 14.2. The molecule has 0 saturated carbocycles. The van der Waals surface area contributed by atoms with E-state index in [4.69, 9.17) is 9.47 Å². The average molecular weight is 596 g/mol. The molecule has 0 aliphatic heterocycles. The second-order valence-electron chi connectivity index (χ2n) is 9.66. The van der Waals surface area contributed by atoms with E-state index in [2.05, 4.69) is 5.32 Å². The van der Waals surface area contributed by atoms with Gasteiger partial charge in [0.15, 0.2) is 0 Å². The number of benzene rings is 3. The van der Waals surface area contributed by atoms with E-state index >= 15 is 0 Å². The number of hydrogen-bond acceptors (Lipinski definition) is 6. The van der Waals surface area contributed by atoms with Crippen molar-refractivity contribution in [2.75, 3.05) is 31.1 Å². The van der Waals surface area contributed by atoms with Crippen LogP contribution in [-0.4, -0.2) is 58.0 Å². The van der Waals surface area contributed by atoms with E-state index in [1.165, 1.54) is 17.0 Å². The first kappa shape index (κ1) is 32.5. The van der Waals surface area contributed by atoms with Crippen LogP contribution in [-0.2, 0) is 26.2 Å². The molecule has 0 heterocycles. The van der Waals surface area contributed by atoms with Crippen LogP contribution in [0.5, 0.6) is 11.5 Å². The van der Waals surface area contributed by atoms with Gasteiger partial charge in [0.05, 0.1) is 24.3 Å². The minimum Gasteiger partial charge on any atom is -0.497 e. The Bertz CT molecular complexity index is 1400. The number of nitrogens with one attached hydrogen (secondary N) is 1. The number of carbonyl (C=O) groups excluding carboxylic acids is 2. The lowest BCUT2D eigenvalue weighted by atomic mass is 10.1. The third-order valence-electron chi connectivity index (χ3n) is 6.77. The number of nitrogens with zero attached hydrogens (tertiary/aromatic N) is 2. The number of unbranched alkanes of at least 4 members (excludes halogenated alkanes) is 1. The van der Waals surface area contributed by atoms with E-state index in [-0.39, 0.29) is 23.0 Å². The van der Waals surface area contributed by atoms with Gasteiger partial charge in [0.2, 0.25) is 11.8 Å². The topological polar surface area (TPSA) is 105 Å². The van der Waals surface area contributed by atoms with Crippen molar-refractivity contribution in [2.24, 2.45) is 0 Å². The Labute approximate surface area is 249 Å². The summed E-state index contributed by atoms with van der Waals surface area (Å²) in [5.74, 6) is 0.195. The van der Waals surface area contributed by atoms with Gasteiger partial charge in [-0.2, -0.15) is 0 Å². The summed E-state index contributed by atoms with van der Waals surface area (Å²) in [7, 11) is -2.62. The van der Waals surface area contributed by atoms with Crippen LogP contribution in [0.4, 0.5) is 5.69 Å². The Kier molecular flexibility index (Phi) is 12.2. The predicted molar refractivity (Wildman–Crippen MR) is 164 cm³/mol. The summed E-state index contributed by atoms with van der Waals surface area (Å²) < 4.78 is 40.2. The van der Waals surface area contributed by atoms with Gasteiger partial charge in [0.1, 0.15) is 24.1 Å². The van der Waals surface area contributed by atoms with Crippen LogP contribution in [0.15, 0.2) is 83.8 Å². The molecule has 10 heteroatoms. The fraction of sp³-hybridized carbons (Fsp3) is 0.375. The normalized spacial score (nSPS) is 11.8. The van der Waals surface area contributed by atoms with E-state index in [1.54, 1.807) is 68.6 Å². The molecule has 1 atom stereocenters. The van der Waals surface area contributed by atoms with Gasteiger partial charge in [-0.25, -0.2) is 8.42 Å². The average Bonchev–Trinajstić information content (AvgIpc) is 3.01. The Balaban J connectivity index is 2.06. The molecular formula is C32H41N3O6S. The Morgan fingerprint density at radius 1 is 0.905 bits per heavy atom. The number of carbonyl (C=O) groups is 2. The Morgan fingerprint density at radius 3 is 2.19 bits per heavy atom. The van der Waals surface area contributed by atoms with Gasteiger partial charge < -0.3 is 19.7 Å². The van der Waals surface area contributed by atoms with Crippen LogP contribution >= 0.6 is 0 Å². The highest BCUT2D eigenvalue weighted by Gasteiger charge is 2.34. The van der Waals surface area contributed by atoms with Crippen molar-refractivity contribution >= 4 is 27.5 Å². The van der Waals surface area contributed by atoms with Crippen LogP contribution in [0, 0.1) is 0 Å². The molecule has 3 aromatic rings. The van der Waals surface area contributed by atoms with Gasteiger partial charge in [-0.15, -0.1) is 0 Å². The number of sulfonamides is 1. The summed E-state index contributed by atoms with van der Waals surface area (Å²) in [4.78, 5) is 29.0. The van der Waals surface area contributed by atoms with Gasteiger partial charge in [0.25, 0.3) is 10.0 Å². The monoisotopic (exact) mass is 595 g/mol. The standard InChI is InChI=1S/C32H41N3O6S/c1-5-8-22-33-32(37)28(6-2)34(23-25-18-20-26(40-4)21-19-25)31(36)24-35(29-16-12-13-17-30(29)41-7-3)42(38,39)27-14-10-9-11-15-27/h9-21,28H,5-8,22-24H2,1-4H3,(H,33,37)/t28-/m0/s1. The van der Waals surface area contributed by atoms with E-state index in [1.807, 2.05) is 26.0 Å². The molecule has 226 valence electrons.